The van der Waals surface area contributed by atoms with Crippen LogP contribution in [0.1, 0.15) is 6.92 Å². The third-order valence-corrected chi connectivity index (χ3v) is 2.48. The normalized spacial score (nSPS) is 11.5. The second kappa shape index (κ2) is 4.56. The molecular formula is C6H6Cl4O2. The van der Waals surface area contributed by atoms with Crippen LogP contribution in [0.15, 0.2) is 12.2 Å². The molecule has 0 aromatic carbocycles. The van der Waals surface area contributed by atoms with E-state index in [1.807, 2.05) is 0 Å². The fourth-order valence-corrected chi connectivity index (χ4v) is 0.484. The lowest BCUT2D eigenvalue weighted by Gasteiger charge is -2.20. The zero-order valence-electron chi connectivity index (χ0n) is 6.11. The molecule has 0 aromatic rings. The molecule has 0 aliphatic carbocycles. The van der Waals surface area contributed by atoms with E-state index in [4.69, 9.17) is 46.4 Å². The lowest BCUT2D eigenvalue weighted by molar-refractivity contribution is -0.142. The first-order chi connectivity index (χ1) is 5.27. The highest BCUT2D eigenvalue weighted by Crippen LogP contribution is 2.33. The van der Waals surface area contributed by atoms with Crippen LogP contribution in [-0.4, -0.2) is 15.3 Å². The molecule has 0 fully saturated rings. The van der Waals surface area contributed by atoms with E-state index in [1.54, 1.807) is 0 Å². The third kappa shape index (κ3) is 3.85. The van der Waals surface area contributed by atoms with Crippen LogP contribution in [0.4, 0.5) is 0 Å². The minimum atomic E-state index is -1.93. The average Bonchev–Trinajstić information content (AvgIpc) is 1.85. The van der Waals surface area contributed by atoms with Crippen LogP contribution in [0.3, 0.4) is 0 Å². The van der Waals surface area contributed by atoms with Gasteiger partial charge in [0, 0.05) is 5.57 Å². The van der Waals surface area contributed by atoms with Gasteiger partial charge in [0.2, 0.25) is 0 Å². The predicted molar refractivity (Wildman–Crippen MR) is 50.8 cm³/mol. The van der Waals surface area contributed by atoms with Crippen molar-refractivity contribution in [2.45, 2.75) is 16.3 Å². The van der Waals surface area contributed by atoms with E-state index in [0.29, 0.717) is 0 Å². The first kappa shape index (κ1) is 12.4. The van der Waals surface area contributed by atoms with Crippen molar-refractivity contribution in [3.05, 3.63) is 12.2 Å². The zero-order chi connectivity index (χ0) is 9.94. The van der Waals surface area contributed by atoms with Gasteiger partial charge in [-0.05, 0) is 6.92 Å². The summed E-state index contributed by atoms with van der Waals surface area (Å²) in [5.41, 5.74) is 0.162. The van der Waals surface area contributed by atoms with E-state index >= 15 is 0 Å². The molecule has 0 saturated heterocycles. The smallest absolute Gasteiger partial charge is 0.335 e. The Bertz CT molecular complexity index is 200. The summed E-state index contributed by atoms with van der Waals surface area (Å²) in [5.74, 6) is -0.744. The number of carbonyl (C=O) groups is 1. The number of esters is 1. The van der Waals surface area contributed by atoms with E-state index < -0.39 is 15.3 Å². The summed E-state index contributed by atoms with van der Waals surface area (Å²) in [6.45, 7) is 4.77. The number of alkyl halides is 4. The van der Waals surface area contributed by atoms with E-state index in [2.05, 4.69) is 11.3 Å². The van der Waals surface area contributed by atoms with E-state index in [0.717, 1.165) is 0 Å². The Labute approximate surface area is 90.4 Å². The topological polar surface area (TPSA) is 26.3 Å². The molecule has 0 N–H and O–H groups in total. The van der Waals surface area contributed by atoms with Gasteiger partial charge in [-0.15, -0.1) is 0 Å². The average molecular weight is 252 g/mol. The molecule has 0 atom stereocenters. The Balaban J connectivity index is 4.25. The van der Waals surface area contributed by atoms with Crippen molar-refractivity contribution in [3.63, 3.8) is 0 Å². The summed E-state index contributed by atoms with van der Waals surface area (Å²) < 4.78 is 2.56. The highest BCUT2D eigenvalue weighted by Gasteiger charge is 2.36. The second-order valence-electron chi connectivity index (χ2n) is 2.03. The molecule has 0 spiro atoms. The summed E-state index contributed by atoms with van der Waals surface area (Å²) in [6.07, 6.45) is 0. The van der Waals surface area contributed by atoms with Crippen molar-refractivity contribution in [3.8, 4) is 0 Å². The van der Waals surface area contributed by atoms with Crippen molar-refractivity contribution < 1.29 is 9.53 Å². The Morgan fingerprint density at radius 3 is 2.17 bits per heavy atom. The minimum Gasteiger partial charge on any atom is -0.422 e. The van der Waals surface area contributed by atoms with Crippen LogP contribution in [-0.2, 0) is 9.53 Å². The maximum Gasteiger partial charge on any atom is 0.335 e. The number of ether oxygens (including phenoxy) is 1. The van der Waals surface area contributed by atoms with Gasteiger partial charge in [0.1, 0.15) is 0 Å². The van der Waals surface area contributed by atoms with Crippen LogP contribution in [0, 0.1) is 0 Å². The fraction of sp³-hybridized carbons (Fsp3) is 0.500. The van der Waals surface area contributed by atoms with Gasteiger partial charge >= 0.3 is 5.97 Å². The minimum absolute atomic E-state index is 0.162. The van der Waals surface area contributed by atoms with Crippen molar-refractivity contribution in [2.24, 2.45) is 0 Å². The summed E-state index contributed by atoms with van der Waals surface area (Å²) in [6, 6.07) is 0. The van der Waals surface area contributed by atoms with Gasteiger partial charge in [0.15, 0.2) is 4.84 Å². The standard InChI is InChI=1S/C6H6Cl4O2/c1-3(2)4(11)12-6(9,10)5(7)8/h5H,1H2,2H3. The number of hydrogen-bond acceptors (Lipinski definition) is 2. The maximum atomic E-state index is 10.9. The largest absolute Gasteiger partial charge is 0.422 e. The number of carbonyl (C=O) groups excluding carboxylic acids is 1. The van der Waals surface area contributed by atoms with E-state index in [9.17, 15) is 4.79 Å². The fourth-order valence-electron chi connectivity index (χ4n) is 0.255. The van der Waals surface area contributed by atoms with Gasteiger partial charge < -0.3 is 4.74 Å². The highest BCUT2D eigenvalue weighted by molar-refractivity contribution is 6.59. The molecule has 0 aromatic heterocycles. The van der Waals surface area contributed by atoms with Crippen LogP contribution < -0.4 is 0 Å². The molecule has 70 valence electrons. The maximum absolute atomic E-state index is 10.9. The third-order valence-electron chi connectivity index (χ3n) is 0.831. The number of halogens is 4. The Morgan fingerprint density at radius 1 is 1.50 bits per heavy atom. The van der Waals surface area contributed by atoms with Crippen LogP contribution in [0.5, 0.6) is 0 Å². The molecule has 0 bridgehead atoms. The first-order valence-corrected chi connectivity index (χ1v) is 4.45. The number of rotatable bonds is 3. The zero-order valence-corrected chi connectivity index (χ0v) is 9.14. The molecule has 2 nitrogen and oxygen atoms in total. The Morgan fingerprint density at radius 2 is 1.92 bits per heavy atom. The van der Waals surface area contributed by atoms with Crippen LogP contribution in [0.25, 0.3) is 0 Å². The molecule has 0 aliphatic heterocycles. The molecule has 0 radical (unpaired) electrons. The van der Waals surface area contributed by atoms with Gasteiger partial charge in [0.25, 0.3) is 4.52 Å². The van der Waals surface area contributed by atoms with Gasteiger partial charge in [-0.2, -0.15) is 0 Å². The SMILES string of the molecule is C=C(C)C(=O)OC(Cl)(Cl)C(Cl)Cl. The molecule has 12 heavy (non-hydrogen) atoms. The van der Waals surface area contributed by atoms with Crippen molar-refractivity contribution in [2.75, 3.05) is 0 Å². The Hall–Kier alpha value is 0.370. The van der Waals surface area contributed by atoms with Gasteiger partial charge in [0.05, 0.1) is 0 Å². The molecule has 0 saturated carbocycles. The molecule has 0 heterocycles. The van der Waals surface area contributed by atoms with E-state index in [-0.39, 0.29) is 5.57 Å². The molecular weight excluding hydrogens is 246 g/mol. The highest BCUT2D eigenvalue weighted by atomic mass is 35.5. The van der Waals surface area contributed by atoms with Gasteiger partial charge in [-0.1, -0.05) is 53.0 Å². The molecule has 6 heteroatoms. The monoisotopic (exact) mass is 250 g/mol. The molecule has 0 rings (SSSR count). The summed E-state index contributed by atoms with van der Waals surface area (Å²) in [7, 11) is 0. The lowest BCUT2D eigenvalue weighted by atomic mass is 10.4. The molecule has 0 amide bonds. The van der Waals surface area contributed by atoms with Gasteiger partial charge in [-0.25, -0.2) is 4.79 Å². The quantitative estimate of drug-likeness (QED) is 0.438. The van der Waals surface area contributed by atoms with Crippen molar-refractivity contribution in [1.82, 2.24) is 0 Å². The van der Waals surface area contributed by atoms with E-state index in [1.165, 1.54) is 6.92 Å². The summed E-state index contributed by atoms with van der Waals surface area (Å²) in [5, 5.41) is 0. The predicted octanol–water partition coefficient (Wildman–Crippen LogP) is 3.04. The summed E-state index contributed by atoms with van der Waals surface area (Å²) in [4.78, 5) is 9.64. The number of hydrogen-bond donors (Lipinski definition) is 0. The van der Waals surface area contributed by atoms with Crippen molar-refractivity contribution >= 4 is 52.4 Å². The molecule has 0 aliphatic rings. The van der Waals surface area contributed by atoms with Crippen molar-refractivity contribution in [1.29, 1.82) is 0 Å². The molecule has 0 unspecified atom stereocenters. The first-order valence-electron chi connectivity index (χ1n) is 2.82. The van der Waals surface area contributed by atoms with Crippen LogP contribution in [0.2, 0.25) is 0 Å². The van der Waals surface area contributed by atoms with Gasteiger partial charge in [-0.3, -0.25) is 0 Å². The second-order valence-corrected chi connectivity index (χ2v) is 4.45. The Kier molecular flexibility index (Phi) is 4.70. The van der Waals surface area contributed by atoms with Crippen LogP contribution >= 0.6 is 46.4 Å². The lowest BCUT2D eigenvalue weighted by Crippen LogP contribution is -2.29. The summed E-state index contributed by atoms with van der Waals surface area (Å²) >= 11 is 21.5.